The predicted octanol–water partition coefficient (Wildman–Crippen LogP) is 3.87. The highest BCUT2D eigenvalue weighted by Gasteiger charge is 2.44. The maximum atomic E-state index is 13.3. The normalized spacial score (nSPS) is 17.4. The molecule has 0 atom stereocenters. The van der Waals surface area contributed by atoms with Gasteiger partial charge in [0, 0.05) is 17.3 Å². The highest BCUT2D eigenvalue weighted by Crippen LogP contribution is 2.44. The van der Waals surface area contributed by atoms with Crippen LogP contribution >= 0.6 is 11.3 Å². The van der Waals surface area contributed by atoms with Crippen LogP contribution in [0.15, 0.2) is 42.9 Å². The van der Waals surface area contributed by atoms with Gasteiger partial charge in [-0.3, -0.25) is 4.98 Å². The second-order valence-corrected chi connectivity index (χ2v) is 9.33. The maximum absolute atomic E-state index is 13.3. The van der Waals surface area contributed by atoms with E-state index in [2.05, 4.69) is 14.9 Å². The van der Waals surface area contributed by atoms with Crippen LogP contribution in [0.4, 0.5) is 10.2 Å². The average Bonchev–Trinajstić information content (AvgIpc) is 3.16. The molecular formula is C23H20FN5OS. The zero-order valence-electron chi connectivity index (χ0n) is 16.8. The van der Waals surface area contributed by atoms with Crippen molar-refractivity contribution < 1.29 is 9.50 Å². The second kappa shape index (κ2) is 7.03. The van der Waals surface area contributed by atoms with E-state index in [0.29, 0.717) is 24.6 Å². The fourth-order valence-corrected chi connectivity index (χ4v) is 5.83. The van der Waals surface area contributed by atoms with E-state index in [1.165, 1.54) is 35.4 Å². The second-order valence-electron chi connectivity index (χ2n) is 8.25. The van der Waals surface area contributed by atoms with Crippen molar-refractivity contribution in [2.45, 2.75) is 31.3 Å². The number of aryl methyl sites for hydroxylation is 2. The summed E-state index contributed by atoms with van der Waals surface area (Å²) < 4.78 is 13.3. The number of anilines is 1. The molecule has 1 N–H and O–H groups in total. The van der Waals surface area contributed by atoms with Crippen molar-refractivity contribution in [1.82, 2.24) is 19.9 Å². The Balaban J connectivity index is 1.44. The summed E-state index contributed by atoms with van der Waals surface area (Å²) in [5.41, 5.74) is 1.68. The smallest absolute Gasteiger partial charge is 0.183 e. The summed E-state index contributed by atoms with van der Waals surface area (Å²) in [5.74, 6) is 1.09. The van der Waals surface area contributed by atoms with Gasteiger partial charge in [-0.25, -0.2) is 19.3 Å². The Morgan fingerprint density at radius 1 is 1.03 bits per heavy atom. The van der Waals surface area contributed by atoms with Crippen LogP contribution in [0.2, 0.25) is 0 Å². The van der Waals surface area contributed by atoms with Gasteiger partial charge in [0.15, 0.2) is 5.82 Å². The van der Waals surface area contributed by atoms with E-state index in [9.17, 15) is 9.50 Å². The SMILES string of the molecule is OC1(c2ccc(F)cc2)CN(c2nc(-c3cnccn3)nc3sc4c(c23)CCCC4)C1. The first-order valence-corrected chi connectivity index (χ1v) is 11.2. The number of rotatable bonds is 3. The third kappa shape index (κ3) is 3.09. The van der Waals surface area contributed by atoms with E-state index >= 15 is 0 Å². The van der Waals surface area contributed by atoms with Gasteiger partial charge in [0.05, 0.1) is 24.7 Å². The van der Waals surface area contributed by atoms with Crippen LogP contribution in [0.25, 0.3) is 21.7 Å². The molecule has 8 heteroatoms. The quantitative estimate of drug-likeness (QED) is 0.529. The molecule has 3 aromatic heterocycles. The van der Waals surface area contributed by atoms with E-state index in [1.54, 1.807) is 42.1 Å². The molecule has 0 radical (unpaired) electrons. The van der Waals surface area contributed by atoms with E-state index in [4.69, 9.17) is 9.97 Å². The minimum absolute atomic E-state index is 0.306. The van der Waals surface area contributed by atoms with E-state index in [0.717, 1.165) is 34.4 Å². The Bertz CT molecular complexity index is 1270. The Morgan fingerprint density at radius 2 is 1.84 bits per heavy atom. The van der Waals surface area contributed by atoms with Crippen LogP contribution in [-0.2, 0) is 18.4 Å². The molecule has 1 aliphatic carbocycles. The van der Waals surface area contributed by atoms with Gasteiger partial charge in [-0.2, -0.15) is 0 Å². The molecular weight excluding hydrogens is 413 g/mol. The van der Waals surface area contributed by atoms with Crippen LogP contribution < -0.4 is 4.90 Å². The lowest BCUT2D eigenvalue weighted by Gasteiger charge is -2.47. The summed E-state index contributed by atoms with van der Waals surface area (Å²) in [6.45, 7) is 0.796. The monoisotopic (exact) mass is 433 g/mol. The Morgan fingerprint density at radius 3 is 2.61 bits per heavy atom. The van der Waals surface area contributed by atoms with Gasteiger partial charge in [0.25, 0.3) is 0 Å². The highest BCUT2D eigenvalue weighted by atomic mass is 32.1. The average molecular weight is 434 g/mol. The topological polar surface area (TPSA) is 75.0 Å². The van der Waals surface area contributed by atoms with Crippen LogP contribution in [0.1, 0.15) is 28.8 Å². The molecule has 0 bridgehead atoms. The number of fused-ring (bicyclic) bond motifs is 3. The van der Waals surface area contributed by atoms with Crippen molar-refractivity contribution >= 4 is 27.4 Å². The first kappa shape index (κ1) is 18.8. The van der Waals surface area contributed by atoms with Crippen molar-refractivity contribution in [3.63, 3.8) is 0 Å². The summed E-state index contributed by atoms with van der Waals surface area (Å²) in [6, 6.07) is 6.08. The van der Waals surface area contributed by atoms with Crippen molar-refractivity contribution in [3.8, 4) is 11.5 Å². The highest BCUT2D eigenvalue weighted by molar-refractivity contribution is 7.19. The van der Waals surface area contributed by atoms with Crippen LogP contribution in [0, 0.1) is 5.82 Å². The lowest BCUT2D eigenvalue weighted by Crippen LogP contribution is -2.60. The lowest BCUT2D eigenvalue weighted by atomic mass is 9.85. The number of aromatic nitrogens is 4. The number of β-amino-alcohol motifs (C(OH)–C–C–N with tert-alkyl or cyclic N) is 1. The molecule has 31 heavy (non-hydrogen) atoms. The first-order chi connectivity index (χ1) is 15.1. The minimum Gasteiger partial charge on any atom is -0.381 e. The molecule has 2 aliphatic rings. The number of hydrogen-bond acceptors (Lipinski definition) is 7. The van der Waals surface area contributed by atoms with E-state index < -0.39 is 5.60 Å². The number of halogens is 1. The Hall–Kier alpha value is -2.97. The van der Waals surface area contributed by atoms with Gasteiger partial charge < -0.3 is 10.0 Å². The van der Waals surface area contributed by atoms with Crippen molar-refractivity contribution in [3.05, 3.63) is 64.7 Å². The fourth-order valence-electron chi connectivity index (χ4n) is 4.57. The lowest BCUT2D eigenvalue weighted by molar-refractivity contribution is 0.00719. The summed E-state index contributed by atoms with van der Waals surface area (Å²) in [7, 11) is 0. The van der Waals surface area contributed by atoms with Gasteiger partial charge in [-0.1, -0.05) is 12.1 Å². The van der Waals surface area contributed by atoms with Crippen molar-refractivity contribution in [2.24, 2.45) is 0 Å². The molecule has 0 unspecified atom stereocenters. The van der Waals surface area contributed by atoms with Gasteiger partial charge in [0.2, 0.25) is 0 Å². The molecule has 4 aromatic rings. The molecule has 6 nitrogen and oxygen atoms in total. The van der Waals surface area contributed by atoms with Crippen molar-refractivity contribution in [2.75, 3.05) is 18.0 Å². The molecule has 0 amide bonds. The third-order valence-corrected chi connectivity index (χ3v) is 7.36. The summed E-state index contributed by atoms with van der Waals surface area (Å²) in [4.78, 5) is 22.7. The van der Waals surface area contributed by atoms with Crippen LogP contribution in [0.5, 0.6) is 0 Å². The molecule has 1 aliphatic heterocycles. The number of benzene rings is 1. The summed E-state index contributed by atoms with van der Waals surface area (Å²) in [5, 5.41) is 12.2. The molecule has 6 rings (SSSR count). The molecule has 0 saturated carbocycles. The number of nitrogens with zero attached hydrogens (tertiary/aromatic N) is 5. The van der Waals surface area contributed by atoms with E-state index in [-0.39, 0.29) is 5.82 Å². The summed E-state index contributed by atoms with van der Waals surface area (Å²) >= 11 is 1.74. The van der Waals surface area contributed by atoms with E-state index in [1.807, 2.05) is 0 Å². The van der Waals surface area contributed by atoms with Gasteiger partial charge in [-0.15, -0.1) is 11.3 Å². The molecule has 1 fully saturated rings. The molecule has 1 aromatic carbocycles. The largest absolute Gasteiger partial charge is 0.381 e. The fraction of sp³-hybridized carbons (Fsp3) is 0.304. The van der Waals surface area contributed by atoms with Crippen molar-refractivity contribution in [1.29, 1.82) is 0 Å². The van der Waals surface area contributed by atoms with Gasteiger partial charge in [0.1, 0.15) is 27.8 Å². The third-order valence-electron chi connectivity index (χ3n) is 6.17. The predicted molar refractivity (Wildman–Crippen MR) is 118 cm³/mol. The molecule has 0 spiro atoms. The number of hydrogen-bond donors (Lipinski definition) is 1. The van der Waals surface area contributed by atoms with Crippen LogP contribution in [0.3, 0.4) is 0 Å². The Labute approximate surface area is 182 Å². The van der Waals surface area contributed by atoms with Gasteiger partial charge in [-0.05, 0) is 48.9 Å². The zero-order chi connectivity index (χ0) is 21.0. The minimum atomic E-state index is -1.02. The maximum Gasteiger partial charge on any atom is 0.183 e. The van der Waals surface area contributed by atoms with Crippen LogP contribution in [-0.4, -0.2) is 38.1 Å². The Kier molecular flexibility index (Phi) is 4.26. The number of aliphatic hydroxyl groups is 1. The van der Waals surface area contributed by atoms with Gasteiger partial charge >= 0.3 is 0 Å². The number of thiophene rings is 1. The summed E-state index contributed by atoms with van der Waals surface area (Å²) in [6.07, 6.45) is 9.42. The zero-order valence-corrected chi connectivity index (χ0v) is 17.6. The molecule has 156 valence electrons. The first-order valence-electron chi connectivity index (χ1n) is 10.4. The standard InChI is InChI=1S/C23H20FN5OS/c24-15-7-5-14(6-8-15)23(30)12-29(13-23)21-19-16-3-1-2-4-18(16)31-22(19)28-20(27-21)17-11-25-9-10-26-17/h5-11,30H,1-4,12-13H2. The molecule has 1 saturated heterocycles. The molecule has 4 heterocycles.